The Morgan fingerprint density at radius 1 is 1.08 bits per heavy atom. The van der Waals surface area contributed by atoms with Gasteiger partial charge in [-0.2, -0.15) is 0 Å². The lowest BCUT2D eigenvalue weighted by atomic mass is 9.96. The Labute approximate surface area is 160 Å². The van der Waals surface area contributed by atoms with Gasteiger partial charge in [0.1, 0.15) is 0 Å². The number of aryl methyl sites for hydroxylation is 1. The van der Waals surface area contributed by atoms with Crippen LogP contribution in [0.2, 0.25) is 5.02 Å². The minimum Gasteiger partial charge on any atom is -0.385 e. The highest BCUT2D eigenvalue weighted by molar-refractivity contribution is 6.33. The van der Waals surface area contributed by atoms with E-state index >= 15 is 0 Å². The molecule has 0 saturated heterocycles. The number of anilines is 2. The summed E-state index contributed by atoms with van der Waals surface area (Å²) in [4.78, 5) is 11.9. The predicted molar refractivity (Wildman–Crippen MR) is 110 cm³/mol. The van der Waals surface area contributed by atoms with Gasteiger partial charge in [0.2, 0.25) is 0 Å². The number of halogens is 1. The van der Waals surface area contributed by atoms with Gasteiger partial charge in [-0.1, -0.05) is 35.9 Å². The molecular formula is C22H25ClN2O. The molecule has 0 radical (unpaired) electrons. The zero-order valence-electron chi connectivity index (χ0n) is 15.4. The quantitative estimate of drug-likeness (QED) is 0.682. The number of benzene rings is 2. The summed E-state index contributed by atoms with van der Waals surface area (Å²) in [6, 6.07) is 14.4. The first-order valence-electron chi connectivity index (χ1n) is 9.12. The van der Waals surface area contributed by atoms with Crippen LogP contribution in [0.25, 0.3) is 0 Å². The molecule has 0 heterocycles. The maximum Gasteiger partial charge on any atom is 0.160 e. The van der Waals surface area contributed by atoms with E-state index in [2.05, 4.69) is 41.8 Å². The molecule has 0 saturated carbocycles. The molecular weight excluding hydrogens is 344 g/mol. The van der Waals surface area contributed by atoms with Gasteiger partial charge >= 0.3 is 0 Å². The van der Waals surface area contributed by atoms with Crippen LogP contribution in [0.4, 0.5) is 11.4 Å². The van der Waals surface area contributed by atoms with E-state index in [1.165, 1.54) is 11.1 Å². The molecule has 26 heavy (non-hydrogen) atoms. The Bertz CT molecular complexity index is 842. The number of carbonyl (C=O) groups is 1. The van der Waals surface area contributed by atoms with Crippen LogP contribution in [0.1, 0.15) is 37.3 Å². The molecule has 2 N–H and O–H groups in total. The van der Waals surface area contributed by atoms with Gasteiger partial charge in [-0.15, -0.1) is 0 Å². The number of carbonyl (C=O) groups excluding carboxylic acids is 1. The van der Waals surface area contributed by atoms with Crippen molar-refractivity contribution in [2.75, 3.05) is 17.2 Å². The normalized spacial score (nSPS) is 14.5. The zero-order valence-corrected chi connectivity index (χ0v) is 16.1. The van der Waals surface area contributed by atoms with Crippen LogP contribution in [-0.2, 0) is 11.2 Å². The minimum atomic E-state index is 0.226. The van der Waals surface area contributed by atoms with Gasteiger partial charge in [0, 0.05) is 29.9 Å². The molecule has 0 unspecified atom stereocenters. The summed E-state index contributed by atoms with van der Waals surface area (Å²) in [5.74, 6) is 0.226. The van der Waals surface area contributed by atoms with Crippen molar-refractivity contribution >= 4 is 28.8 Å². The molecule has 2 aromatic rings. The molecule has 0 spiro atoms. The smallest absolute Gasteiger partial charge is 0.160 e. The molecule has 136 valence electrons. The second-order valence-corrected chi connectivity index (χ2v) is 7.21. The third-order valence-electron chi connectivity index (χ3n) is 4.94. The lowest BCUT2D eigenvalue weighted by molar-refractivity contribution is -0.116. The first-order valence-corrected chi connectivity index (χ1v) is 9.50. The monoisotopic (exact) mass is 368 g/mol. The first-order chi connectivity index (χ1) is 12.5. The van der Waals surface area contributed by atoms with Crippen LogP contribution in [0, 0.1) is 6.92 Å². The Morgan fingerprint density at radius 2 is 1.88 bits per heavy atom. The number of hydrogen-bond acceptors (Lipinski definition) is 3. The minimum absolute atomic E-state index is 0.226. The fourth-order valence-corrected chi connectivity index (χ4v) is 3.47. The van der Waals surface area contributed by atoms with Gasteiger partial charge in [-0.3, -0.25) is 4.79 Å². The second-order valence-electron chi connectivity index (χ2n) is 6.80. The average Bonchev–Trinajstić information content (AvgIpc) is 2.62. The largest absolute Gasteiger partial charge is 0.385 e. The molecule has 0 bridgehead atoms. The van der Waals surface area contributed by atoms with Crippen molar-refractivity contribution in [1.29, 1.82) is 0 Å². The van der Waals surface area contributed by atoms with Crippen LogP contribution in [0.15, 0.2) is 53.7 Å². The fraction of sp³-hybridized carbons (Fsp3) is 0.318. The lowest BCUT2D eigenvalue weighted by Gasteiger charge is -2.19. The first kappa shape index (κ1) is 18.5. The number of allylic oxidation sites excluding steroid dienone is 2. The fourth-order valence-electron chi connectivity index (χ4n) is 3.25. The highest BCUT2D eigenvalue weighted by Crippen LogP contribution is 2.30. The molecule has 0 aliphatic heterocycles. The van der Waals surface area contributed by atoms with Crippen molar-refractivity contribution in [1.82, 2.24) is 0 Å². The maximum atomic E-state index is 11.9. The summed E-state index contributed by atoms with van der Waals surface area (Å²) in [7, 11) is 0. The number of nitrogens with one attached hydrogen (secondary N) is 2. The SMILES string of the molecule is CC1=C(Nc2ccc(NCCc3ccccc3C)cc2Cl)CCCC1=O. The van der Waals surface area contributed by atoms with E-state index in [9.17, 15) is 4.79 Å². The van der Waals surface area contributed by atoms with E-state index in [-0.39, 0.29) is 5.78 Å². The van der Waals surface area contributed by atoms with Gasteiger partial charge < -0.3 is 10.6 Å². The van der Waals surface area contributed by atoms with E-state index < -0.39 is 0 Å². The standard InChI is InChI=1S/C22H25ClN2O/c1-15-6-3-4-7-17(15)12-13-24-18-10-11-21(19(23)14-18)25-20-8-5-9-22(26)16(20)2/h3-4,6-7,10-11,14,24-25H,5,8-9,12-13H2,1-2H3. The van der Waals surface area contributed by atoms with Gasteiger partial charge in [-0.05, 0) is 62.4 Å². The molecule has 0 amide bonds. The van der Waals surface area contributed by atoms with Crippen molar-refractivity contribution in [3.05, 3.63) is 69.9 Å². The molecule has 4 heteroatoms. The molecule has 3 rings (SSSR count). The molecule has 1 aliphatic rings. The van der Waals surface area contributed by atoms with Crippen molar-refractivity contribution in [3.8, 4) is 0 Å². The molecule has 0 fully saturated rings. The van der Waals surface area contributed by atoms with Crippen molar-refractivity contribution < 1.29 is 4.79 Å². The van der Waals surface area contributed by atoms with E-state index in [1.54, 1.807) is 0 Å². The van der Waals surface area contributed by atoms with Crippen LogP contribution < -0.4 is 10.6 Å². The highest BCUT2D eigenvalue weighted by Gasteiger charge is 2.17. The zero-order chi connectivity index (χ0) is 18.5. The topological polar surface area (TPSA) is 41.1 Å². The molecule has 2 aromatic carbocycles. The number of hydrogen-bond donors (Lipinski definition) is 2. The lowest BCUT2D eigenvalue weighted by Crippen LogP contribution is -2.14. The van der Waals surface area contributed by atoms with Crippen molar-refractivity contribution in [2.24, 2.45) is 0 Å². The predicted octanol–water partition coefficient (Wildman–Crippen LogP) is 5.74. The van der Waals surface area contributed by atoms with E-state index in [1.807, 2.05) is 25.1 Å². The van der Waals surface area contributed by atoms with Gasteiger partial charge in [0.05, 0.1) is 10.7 Å². The van der Waals surface area contributed by atoms with Crippen LogP contribution >= 0.6 is 11.6 Å². The third-order valence-corrected chi connectivity index (χ3v) is 5.25. The summed E-state index contributed by atoms with van der Waals surface area (Å²) < 4.78 is 0. The van der Waals surface area contributed by atoms with Gasteiger partial charge in [-0.25, -0.2) is 0 Å². The van der Waals surface area contributed by atoms with Crippen LogP contribution in [-0.4, -0.2) is 12.3 Å². The highest BCUT2D eigenvalue weighted by atomic mass is 35.5. The third kappa shape index (κ3) is 4.47. The summed E-state index contributed by atoms with van der Waals surface area (Å²) >= 11 is 6.44. The number of ketones is 1. The Kier molecular flexibility index (Phi) is 6.00. The average molecular weight is 369 g/mol. The maximum absolute atomic E-state index is 11.9. The summed E-state index contributed by atoms with van der Waals surface area (Å²) in [6.45, 7) is 4.88. The van der Waals surface area contributed by atoms with Crippen LogP contribution in [0.5, 0.6) is 0 Å². The number of rotatable bonds is 6. The Morgan fingerprint density at radius 3 is 2.65 bits per heavy atom. The molecule has 1 aliphatic carbocycles. The summed E-state index contributed by atoms with van der Waals surface area (Å²) in [5.41, 5.74) is 6.34. The van der Waals surface area contributed by atoms with E-state index in [0.29, 0.717) is 11.4 Å². The number of Topliss-reactive ketones (excluding diaryl/α,β-unsaturated/α-hetero) is 1. The van der Waals surface area contributed by atoms with E-state index in [0.717, 1.165) is 48.5 Å². The summed E-state index contributed by atoms with van der Waals surface area (Å²) in [6.07, 6.45) is 3.41. The Balaban J connectivity index is 1.62. The molecule has 3 nitrogen and oxygen atoms in total. The van der Waals surface area contributed by atoms with Crippen molar-refractivity contribution in [2.45, 2.75) is 39.5 Å². The Hall–Kier alpha value is -2.26. The van der Waals surface area contributed by atoms with Crippen LogP contribution in [0.3, 0.4) is 0 Å². The molecule has 0 atom stereocenters. The molecule has 0 aromatic heterocycles. The summed E-state index contributed by atoms with van der Waals surface area (Å²) in [5, 5.41) is 7.43. The van der Waals surface area contributed by atoms with E-state index in [4.69, 9.17) is 11.6 Å². The van der Waals surface area contributed by atoms with Gasteiger partial charge in [0.25, 0.3) is 0 Å². The second kappa shape index (κ2) is 8.41. The van der Waals surface area contributed by atoms with Crippen molar-refractivity contribution in [3.63, 3.8) is 0 Å². The van der Waals surface area contributed by atoms with Gasteiger partial charge in [0.15, 0.2) is 5.78 Å².